The summed E-state index contributed by atoms with van der Waals surface area (Å²) in [4.78, 5) is 0. The summed E-state index contributed by atoms with van der Waals surface area (Å²) in [6.45, 7) is 3.59. The van der Waals surface area contributed by atoms with Crippen LogP contribution in [0.25, 0.3) is 0 Å². The fourth-order valence-electron chi connectivity index (χ4n) is 2.50. The zero-order valence-corrected chi connectivity index (χ0v) is 7.83. The second-order valence-electron chi connectivity index (χ2n) is 4.31. The molecule has 2 saturated carbocycles. The highest BCUT2D eigenvalue weighted by molar-refractivity contribution is 4.98. The molecule has 0 aliphatic heterocycles. The van der Waals surface area contributed by atoms with E-state index in [2.05, 4.69) is 0 Å². The Morgan fingerprint density at radius 1 is 1.33 bits per heavy atom. The standard InChI is InChI=1S/C10H19NO/c1-2-12-6-10(11)9-4-7-3-8(7)5-9/h7-10H,2-6,11H2,1H3. The lowest BCUT2D eigenvalue weighted by molar-refractivity contribution is 0.115. The highest BCUT2D eigenvalue weighted by atomic mass is 16.5. The predicted molar refractivity (Wildman–Crippen MR) is 48.8 cm³/mol. The molecule has 0 spiro atoms. The molecule has 0 aromatic heterocycles. The van der Waals surface area contributed by atoms with E-state index in [0.29, 0.717) is 6.04 Å². The van der Waals surface area contributed by atoms with Crippen molar-refractivity contribution < 1.29 is 4.74 Å². The third-order valence-electron chi connectivity index (χ3n) is 3.40. The summed E-state index contributed by atoms with van der Waals surface area (Å²) in [6.07, 6.45) is 4.23. The van der Waals surface area contributed by atoms with Gasteiger partial charge in [0.05, 0.1) is 6.61 Å². The Kier molecular flexibility index (Phi) is 2.37. The Hall–Kier alpha value is -0.0800. The van der Waals surface area contributed by atoms with Gasteiger partial charge in [-0.25, -0.2) is 0 Å². The molecule has 70 valence electrons. The monoisotopic (exact) mass is 169 g/mol. The van der Waals surface area contributed by atoms with Gasteiger partial charge in [-0.3, -0.25) is 0 Å². The number of hydrogen-bond donors (Lipinski definition) is 1. The number of fused-ring (bicyclic) bond motifs is 1. The van der Waals surface area contributed by atoms with Gasteiger partial charge in [-0.1, -0.05) is 0 Å². The molecule has 2 aliphatic carbocycles. The van der Waals surface area contributed by atoms with E-state index in [0.717, 1.165) is 31.0 Å². The molecule has 2 heteroatoms. The minimum atomic E-state index is 0.303. The first-order valence-corrected chi connectivity index (χ1v) is 5.14. The van der Waals surface area contributed by atoms with Gasteiger partial charge in [0.1, 0.15) is 0 Å². The van der Waals surface area contributed by atoms with Crippen molar-refractivity contribution >= 4 is 0 Å². The Balaban J connectivity index is 1.70. The van der Waals surface area contributed by atoms with Crippen molar-refractivity contribution in [3.63, 3.8) is 0 Å². The molecule has 2 N–H and O–H groups in total. The topological polar surface area (TPSA) is 35.2 Å². The van der Waals surface area contributed by atoms with Crippen LogP contribution in [-0.4, -0.2) is 19.3 Å². The summed E-state index contributed by atoms with van der Waals surface area (Å²) < 4.78 is 5.33. The molecule has 0 aromatic carbocycles. The third-order valence-corrected chi connectivity index (χ3v) is 3.40. The van der Waals surface area contributed by atoms with Gasteiger partial charge < -0.3 is 10.5 Å². The zero-order valence-electron chi connectivity index (χ0n) is 7.83. The molecule has 3 atom stereocenters. The van der Waals surface area contributed by atoms with Crippen molar-refractivity contribution in [3.8, 4) is 0 Å². The van der Waals surface area contributed by atoms with E-state index in [-0.39, 0.29) is 0 Å². The van der Waals surface area contributed by atoms with Crippen molar-refractivity contribution in [2.75, 3.05) is 13.2 Å². The van der Waals surface area contributed by atoms with Gasteiger partial charge in [0.25, 0.3) is 0 Å². The summed E-state index contributed by atoms with van der Waals surface area (Å²) in [6, 6.07) is 0.303. The van der Waals surface area contributed by atoms with E-state index in [1.165, 1.54) is 19.3 Å². The Labute approximate surface area is 74.5 Å². The van der Waals surface area contributed by atoms with Crippen LogP contribution in [0.4, 0.5) is 0 Å². The van der Waals surface area contributed by atoms with Gasteiger partial charge >= 0.3 is 0 Å². The van der Waals surface area contributed by atoms with Crippen LogP contribution in [0.1, 0.15) is 26.2 Å². The molecule has 0 radical (unpaired) electrons. The summed E-state index contributed by atoms with van der Waals surface area (Å²) in [5, 5.41) is 0. The highest BCUT2D eigenvalue weighted by Gasteiger charge is 2.47. The fourth-order valence-corrected chi connectivity index (χ4v) is 2.50. The van der Waals surface area contributed by atoms with Crippen LogP contribution < -0.4 is 5.73 Å². The minimum Gasteiger partial charge on any atom is -0.380 e. The van der Waals surface area contributed by atoms with E-state index < -0.39 is 0 Å². The van der Waals surface area contributed by atoms with Gasteiger partial charge in [0.2, 0.25) is 0 Å². The molecular formula is C10H19NO. The van der Waals surface area contributed by atoms with E-state index in [9.17, 15) is 0 Å². The summed E-state index contributed by atoms with van der Waals surface area (Å²) in [7, 11) is 0. The molecule has 2 aliphatic rings. The number of rotatable bonds is 4. The normalized spacial score (nSPS) is 41.0. The maximum atomic E-state index is 6.02. The van der Waals surface area contributed by atoms with Crippen molar-refractivity contribution in [2.24, 2.45) is 23.5 Å². The van der Waals surface area contributed by atoms with Crippen LogP contribution in [0.15, 0.2) is 0 Å². The first kappa shape index (κ1) is 8.52. The minimum absolute atomic E-state index is 0.303. The number of hydrogen-bond acceptors (Lipinski definition) is 2. The highest BCUT2D eigenvalue weighted by Crippen LogP contribution is 2.54. The second kappa shape index (κ2) is 3.35. The van der Waals surface area contributed by atoms with Gasteiger partial charge in [-0.15, -0.1) is 0 Å². The van der Waals surface area contributed by atoms with Crippen molar-refractivity contribution in [3.05, 3.63) is 0 Å². The van der Waals surface area contributed by atoms with E-state index in [1.807, 2.05) is 6.92 Å². The first-order chi connectivity index (χ1) is 5.81. The van der Waals surface area contributed by atoms with Gasteiger partial charge in [0, 0.05) is 12.6 Å². The lowest BCUT2D eigenvalue weighted by atomic mass is 9.96. The van der Waals surface area contributed by atoms with Gasteiger partial charge in [-0.2, -0.15) is 0 Å². The summed E-state index contributed by atoms with van der Waals surface area (Å²) in [5.41, 5.74) is 6.02. The van der Waals surface area contributed by atoms with Crippen molar-refractivity contribution in [1.82, 2.24) is 0 Å². The van der Waals surface area contributed by atoms with Crippen LogP contribution in [0, 0.1) is 17.8 Å². The number of nitrogens with two attached hydrogens (primary N) is 1. The molecule has 0 amide bonds. The zero-order chi connectivity index (χ0) is 8.55. The van der Waals surface area contributed by atoms with E-state index in [1.54, 1.807) is 0 Å². The van der Waals surface area contributed by atoms with E-state index in [4.69, 9.17) is 10.5 Å². The van der Waals surface area contributed by atoms with Crippen LogP contribution in [-0.2, 0) is 4.74 Å². The van der Waals surface area contributed by atoms with Crippen LogP contribution >= 0.6 is 0 Å². The van der Waals surface area contributed by atoms with Crippen molar-refractivity contribution in [2.45, 2.75) is 32.2 Å². The molecule has 0 bridgehead atoms. The Morgan fingerprint density at radius 3 is 2.58 bits per heavy atom. The molecule has 0 aromatic rings. The summed E-state index contributed by atoms with van der Waals surface area (Å²) >= 11 is 0. The van der Waals surface area contributed by atoms with E-state index >= 15 is 0 Å². The predicted octanol–water partition coefficient (Wildman–Crippen LogP) is 1.40. The van der Waals surface area contributed by atoms with Crippen LogP contribution in [0.3, 0.4) is 0 Å². The Bertz CT molecular complexity index is 150. The maximum Gasteiger partial charge on any atom is 0.0620 e. The lowest BCUT2D eigenvalue weighted by Crippen LogP contribution is -2.34. The molecule has 3 unspecified atom stereocenters. The fraction of sp³-hybridized carbons (Fsp3) is 1.00. The number of ether oxygens (including phenoxy) is 1. The molecular weight excluding hydrogens is 150 g/mol. The molecule has 12 heavy (non-hydrogen) atoms. The molecule has 0 heterocycles. The Morgan fingerprint density at radius 2 is 2.00 bits per heavy atom. The smallest absolute Gasteiger partial charge is 0.0620 e. The molecule has 2 fully saturated rings. The molecule has 0 saturated heterocycles. The maximum absolute atomic E-state index is 6.02. The lowest BCUT2D eigenvalue weighted by Gasteiger charge is -2.19. The average Bonchev–Trinajstić information content (AvgIpc) is 2.69. The van der Waals surface area contributed by atoms with Gasteiger partial charge in [-0.05, 0) is 43.9 Å². The third kappa shape index (κ3) is 1.64. The molecule has 2 rings (SSSR count). The average molecular weight is 169 g/mol. The second-order valence-corrected chi connectivity index (χ2v) is 4.31. The van der Waals surface area contributed by atoms with Crippen LogP contribution in [0.2, 0.25) is 0 Å². The quantitative estimate of drug-likeness (QED) is 0.690. The largest absolute Gasteiger partial charge is 0.380 e. The SMILES string of the molecule is CCOCC(N)C1CC2CC2C1. The van der Waals surface area contributed by atoms with Crippen LogP contribution in [0.5, 0.6) is 0 Å². The van der Waals surface area contributed by atoms with Gasteiger partial charge in [0.15, 0.2) is 0 Å². The first-order valence-electron chi connectivity index (χ1n) is 5.14. The molecule has 2 nitrogen and oxygen atoms in total. The summed E-state index contributed by atoms with van der Waals surface area (Å²) in [5.74, 6) is 2.85. The van der Waals surface area contributed by atoms with Crippen molar-refractivity contribution in [1.29, 1.82) is 0 Å².